The SMILES string of the molecule is c1ccc([Se]c2c([Se]c3ccccc3)c(B3Oc4ccccc4O3)c([Se]c3ccccc3)c([Se]c3ccccc3)c2B2Oc3ccccc3O2)cc1. The zero-order valence-corrected chi connectivity index (χ0v) is 34.4. The molecule has 0 radical (unpaired) electrons. The van der Waals surface area contributed by atoms with Crippen molar-refractivity contribution in [2.45, 2.75) is 0 Å². The van der Waals surface area contributed by atoms with Crippen LogP contribution in [-0.4, -0.2) is 74.1 Å². The third-order valence-electron chi connectivity index (χ3n) is 8.35. The number of hydrogen-bond donors (Lipinski definition) is 0. The molecule has 10 heteroatoms. The molecular formula is C42H28B2O4Se4. The second kappa shape index (κ2) is 15.5. The molecule has 0 spiro atoms. The summed E-state index contributed by atoms with van der Waals surface area (Å²) >= 11 is -0.373. The van der Waals surface area contributed by atoms with Gasteiger partial charge in [0.2, 0.25) is 0 Å². The molecule has 0 N–H and O–H groups in total. The van der Waals surface area contributed by atoms with Crippen molar-refractivity contribution < 1.29 is 18.6 Å². The Kier molecular flexibility index (Phi) is 10.1. The van der Waals surface area contributed by atoms with E-state index < -0.39 is 14.2 Å². The van der Waals surface area contributed by atoms with Crippen LogP contribution < -0.4 is 65.2 Å². The van der Waals surface area contributed by atoms with Crippen molar-refractivity contribution >= 4 is 121 Å². The van der Waals surface area contributed by atoms with Crippen LogP contribution in [0.4, 0.5) is 0 Å². The maximum absolute atomic E-state index is 6.83. The second-order valence-electron chi connectivity index (χ2n) is 11.8. The van der Waals surface area contributed by atoms with Gasteiger partial charge in [-0.15, -0.1) is 0 Å². The molecule has 7 aromatic carbocycles. The van der Waals surface area contributed by atoms with Crippen LogP contribution in [0.1, 0.15) is 0 Å². The van der Waals surface area contributed by atoms with Crippen LogP contribution in [0.2, 0.25) is 0 Å². The Hall–Kier alpha value is -4.05. The van der Waals surface area contributed by atoms with Crippen molar-refractivity contribution in [1.29, 1.82) is 0 Å². The molecule has 0 amide bonds. The number of para-hydroxylation sites is 4. The van der Waals surface area contributed by atoms with Gasteiger partial charge in [-0.05, 0) is 0 Å². The molecule has 0 unspecified atom stereocenters. The van der Waals surface area contributed by atoms with E-state index in [0.29, 0.717) is 0 Å². The number of rotatable bonds is 10. The van der Waals surface area contributed by atoms with Gasteiger partial charge in [0.25, 0.3) is 0 Å². The predicted molar refractivity (Wildman–Crippen MR) is 218 cm³/mol. The van der Waals surface area contributed by atoms with E-state index in [0.717, 1.165) is 33.9 Å². The molecule has 0 saturated heterocycles. The summed E-state index contributed by atoms with van der Waals surface area (Å²) in [6.07, 6.45) is 0. The Morgan fingerprint density at radius 2 is 0.481 bits per heavy atom. The summed E-state index contributed by atoms with van der Waals surface area (Å²) < 4.78 is 37.6. The molecular weight excluding hydrogens is 906 g/mol. The third kappa shape index (κ3) is 7.15. The van der Waals surface area contributed by atoms with Crippen molar-refractivity contribution in [3.63, 3.8) is 0 Å². The predicted octanol–water partition coefficient (Wildman–Crippen LogP) is 0.640. The van der Waals surface area contributed by atoms with Gasteiger partial charge in [0.05, 0.1) is 0 Å². The van der Waals surface area contributed by atoms with Crippen molar-refractivity contribution in [3.8, 4) is 23.0 Å². The molecule has 4 nitrogen and oxygen atoms in total. The molecule has 0 bridgehead atoms. The average molecular weight is 934 g/mol. The van der Waals surface area contributed by atoms with Crippen LogP contribution in [0.25, 0.3) is 0 Å². The first-order valence-corrected chi connectivity index (χ1v) is 23.6. The summed E-state index contributed by atoms with van der Waals surface area (Å²) in [6.45, 7) is 0. The fraction of sp³-hybridized carbons (Fsp3) is 0. The molecule has 0 fully saturated rings. The van der Waals surface area contributed by atoms with Gasteiger partial charge in [-0.2, -0.15) is 0 Å². The number of fused-ring (bicyclic) bond motifs is 2. The van der Waals surface area contributed by atoms with E-state index in [-0.39, 0.29) is 59.8 Å². The first kappa shape index (κ1) is 33.8. The monoisotopic (exact) mass is 938 g/mol. The van der Waals surface area contributed by atoms with Crippen LogP contribution in [0, 0.1) is 0 Å². The number of benzene rings is 7. The van der Waals surface area contributed by atoms with Gasteiger partial charge in [-0.3, -0.25) is 0 Å². The Balaban J connectivity index is 1.36. The van der Waals surface area contributed by atoms with Crippen LogP contribution >= 0.6 is 0 Å². The number of hydrogen-bond acceptors (Lipinski definition) is 4. The van der Waals surface area contributed by atoms with E-state index in [1.807, 2.05) is 48.5 Å². The quantitative estimate of drug-likeness (QED) is 0.189. The van der Waals surface area contributed by atoms with Crippen LogP contribution in [0.3, 0.4) is 0 Å². The molecule has 0 aromatic heterocycles. The molecule has 52 heavy (non-hydrogen) atoms. The molecule has 0 saturated carbocycles. The molecule has 2 aliphatic heterocycles. The molecule has 0 aliphatic carbocycles. The maximum atomic E-state index is 6.83. The summed E-state index contributed by atoms with van der Waals surface area (Å²) in [5.41, 5.74) is 2.31. The van der Waals surface area contributed by atoms with E-state index >= 15 is 0 Å². The van der Waals surface area contributed by atoms with Crippen molar-refractivity contribution in [3.05, 3.63) is 170 Å². The molecule has 2 aliphatic rings. The second-order valence-corrected chi connectivity index (χ2v) is 20.9. The van der Waals surface area contributed by atoms with Gasteiger partial charge >= 0.3 is 332 Å². The van der Waals surface area contributed by atoms with Crippen molar-refractivity contribution in [2.24, 2.45) is 0 Å². The zero-order chi connectivity index (χ0) is 34.7. The van der Waals surface area contributed by atoms with Gasteiger partial charge in [-0.1, -0.05) is 0 Å². The van der Waals surface area contributed by atoms with E-state index in [1.54, 1.807) is 0 Å². The normalized spacial score (nSPS) is 12.7. The summed E-state index contributed by atoms with van der Waals surface area (Å²) in [6, 6.07) is 59.5. The Bertz CT molecular complexity index is 2010. The summed E-state index contributed by atoms with van der Waals surface area (Å²) in [5, 5.41) is 0. The fourth-order valence-electron chi connectivity index (χ4n) is 5.99. The Morgan fingerprint density at radius 1 is 0.269 bits per heavy atom. The van der Waals surface area contributed by atoms with Crippen LogP contribution in [0.15, 0.2) is 170 Å². The molecule has 2 heterocycles. The zero-order valence-electron chi connectivity index (χ0n) is 27.6. The minimum atomic E-state index is -0.592. The van der Waals surface area contributed by atoms with Gasteiger partial charge in [0, 0.05) is 0 Å². The molecule has 250 valence electrons. The van der Waals surface area contributed by atoms with Crippen molar-refractivity contribution in [2.75, 3.05) is 0 Å². The van der Waals surface area contributed by atoms with Gasteiger partial charge in [0.15, 0.2) is 0 Å². The Labute approximate surface area is 329 Å². The average Bonchev–Trinajstić information content (AvgIpc) is 3.83. The fourth-order valence-corrected chi connectivity index (χ4v) is 17.2. The van der Waals surface area contributed by atoms with E-state index in [1.165, 1.54) is 35.7 Å². The standard InChI is InChI=1S/C42H28B2O4Se4/c1-5-17-29(18-6-1)49-39-37(43-45-33-25-13-14-26-34(33)46-43)41(51-31-21-9-3-10-22-31)42(52-32-23-11-4-12-24-32)38(40(39)50-30-19-7-2-8-20-30)44-47-35-27-15-16-28-36(35)48-44/h1-28H. The van der Waals surface area contributed by atoms with Crippen LogP contribution in [0.5, 0.6) is 23.0 Å². The summed E-state index contributed by atoms with van der Waals surface area (Å²) in [5.74, 6) is 3.10. The Morgan fingerprint density at radius 3 is 0.712 bits per heavy atom. The summed E-state index contributed by atoms with van der Waals surface area (Å²) in [7, 11) is -1.18. The van der Waals surface area contributed by atoms with Crippen molar-refractivity contribution in [1.82, 2.24) is 0 Å². The topological polar surface area (TPSA) is 36.9 Å². The first-order valence-electron chi connectivity index (χ1n) is 16.8. The molecule has 9 rings (SSSR count). The summed E-state index contributed by atoms with van der Waals surface area (Å²) in [4.78, 5) is 0. The minimum absolute atomic E-state index is 0.0933. The molecule has 0 atom stereocenters. The van der Waals surface area contributed by atoms with Gasteiger partial charge in [-0.25, -0.2) is 0 Å². The van der Waals surface area contributed by atoms with E-state index in [4.69, 9.17) is 18.6 Å². The first-order chi connectivity index (χ1) is 25.8. The molecule has 7 aromatic rings. The van der Waals surface area contributed by atoms with E-state index in [2.05, 4.69) is 121 Å². The van der Waals surface area contributed by atoms with Gasteiger partial charge < -0.3 is 0 Å². The van der Waals surface area contributed by atoms with E-state index in [9.17, 15) is 0 Å². The van der Waals surface area contributed by atoms with Gasteiger partial charge in [0.1, 0.15) is 0 Å². The van der Waals surface area contributed by atoms with Crippen LogP contribution in [-0.2, 0) is 0 Å². The third-order valence-corrected chi connectivity index (χ3v) is 19.2.